The molecule has 0 radical (unpaired) electrons. The number of rotatable bonds is 4. The van der Waals surface area contributed by atoms with Gasteiger partial charge in [0, 0.05) is 31.2 Å². The third kappa shape index (κ3) is 3.27. The molecule has 3 N–H and O–H groups in total. The highest BCUT2D eigenvalue weighted by Gasteiger charge is 2.24. The summed E-state index contributed by atoms with van der Waals surface area (Å²) in [6.45, 7) is 3.90. The third-order valence-electron chi connectivity index (χ3n) is 3.89. The normalized spacial score (nSPS) is 21.9. The molecule has 0 saturated carbocycles. The number of amides is 1. The van der Waals surface area contributed by atoms with Gasteiger partial charge in [0.05, 0.1) is 16.6 Å². The van der Waals surface area contributed by atoms with Crippen molar-refractivity contribution >= 4 is 28.4 Å². The van der Waals surface area contributed by atoms with Gasteiger partial charge in [-0.1, -0.05) is 23.7 Å². The second kappa shape index (κ2) is 6.69. The van der Waals surface area contributed by atoms with Crippen LogP contribution in [0.4, 0.5) is 0 Å². The molecule has 1 aliphatic heterocycles. The number of carbonyl (C=O) groups excluding carboxylic acids is 1. The summed E-state index contributed by atoms with van der Waals surface area (Å²) in [4.78, 5) is 15.3. The number of morpholine rings is 1. The van der Waals surface area contributed by atoms with Gasteiger partial charge in [-0.3, -0.25) is 4.79 Å². The van der Waals surface area contributed by atoms with Crippen LogP contribution in [0.15, 0.2) is 24.4 Å². The zero-order chi connectivity index (χ0) is 15.5. The lowest BCUT2D eigenvalue weighted by Crippen LogP contribution is -2.51. The van der Waals surface area contributed by atoms with Crippen LogP contribution in [0.5, 0.6) is 0 Å². The third-order valence-corrected chi connectivity index (χ3v) is 4.21. The second-order valence-electron chi connectivity index (χ2n) is 5.61. The average Bonchev–Trinajstić information content (AvgIpc) is 2.92. The first-order valence-electron chi connectivity index (χ1n) is 7.53. The maximum Gasteiger partial charge on any atom is 0.250 e. The number of para-hydroxylation sites is 1. The minimum absolute atomic E-state index is 0.0584. The molecule has 0 bridgehead atoms. The number of carbonyl (C=O) groups is 1. The van der Waals surface area contributed by atoms with Gasteiger partial charge in [0.15, 0.2) is 0 Å². The van der Waals surface area contributed by atoms with Gasteiger partial charge in [0.1, 0.15) is 6.10 Å². The molecule has 0 aliphatic carbocycles. The van der Waals surface area contributed by atoms with Gasteiger partial charge in [-0.05, 0) is 25.0 Å². The van der Waals surface area contributed by atoms with E-state index < -0.39 is 6.10 Å². The second-order valence-corrected chi connectivity index (χ2v) is 6.02. The Morgan fingerprint density at radius 2 is 2.32 bits per heavy atom. The first kappa shape index (κ1) is 15.3. The maximum atomic E-state index is 12.1. The Morgan fingerprint density at radius 1 is 1.45 bits per heavy atom. The summed E-state index contributed by atoms with van der Waals surface area (Å²) in [5, 5.41) is 7.95. The summed E-state index contributed by atoms with van der Waals surface area (Å²) in [6.07, 6.45) is 2.37. The monoisotopic (exact) mass is 321 g/mol. The van der Waals surface area contributed by atoms with Gasteiger partial charge in [0.2, 0.25) is 5.91 Å². The number of benzene rings is 1. The fraction of sp³-hybridized carbons (Fsp3) is 0.438. The standard InChI is InChI=1S/C16H20ClN3O2/c1-10-7-18-9-14(22-10)16(21)19-6-5-11-8-20-15-12(11)3-2-4-13(15)17/h2-4,8,10,14,18,20H,5-7,9H2,1H3,(H,19,21)/t10-,14-/m1/s1. The summed E-state index contributed by atoms with van der Waals surface area (Å²) in [6, 6.07) is 5.83. The van der Waals surface area contributed by atoms with Gasteiger partial charge in [-0.2, -0.15) is 0 Å². The maximum absolute atomic E-state index is 12.1. The Kier molecular flexibility index (Phi) is 4.66. The van der Waals surface area contributed by atoms with Crippen molar-refractivity contribution in [1.82, 2.24) is 15.6 Å². The van der Waals surface area contributed by atoms with Gasteiger partial charge in [0.25, 0.3) is 0 Å². The summed E-state index contributed by atoms with van der Waals surface area (Å²) < 4.78 is 5.62. The van der Waals surface area contributed by atoms with Crippen LogP contribution in [0.25, 0.3) is 10.9 Å². The number of H-pyrrole nitrogens is 1. The molecule has 1 amide bonds. The van der Waals surface area contributed by atoms with Crippen LogP contribution < -0.4 is 10.6 Å². The molecule has 3 rings (SSSR count). The van der Waals surface area contributed by atoms with Crippen molar-refractivity contribution in [2.75, 3.05) is 19.6 Å². The van der Waals surface area contributed by atoms with E-state index in [1.54, 1.807) is 0 Å². The van der Waals surface area contributed by atoms with E-state index in [1.807, 2.05) is 31.3 Å². The first-order chi connectivity index (χ1) is 10.6. The number of hydrogen-bond donors (Lipinski definition) is 3. The number of halogens is 1. The van der Waals surface area contributed by atoms with Crippen molar-refractivity contribution < 1.29 is 9.53 Å². The summed E-state index contributed by atoms with van der Waals surface area (Å²) >= 11 is 6.15. The Bertz CT molecular complexity index is 670. The fourth-order valence-electron chi connectivity index (χ4n) is 2.77. The zero-order valence-corrected chi connectivity index (χ0v) is 13.2. The molecule has 2 heterocycles. The van der Waals surface area contributed by atoms with Gasteiger partial charge >= 0.3 is 0 Å². The Labute approximate surface area is 134 Å². The molecule has 6 heteroatoms. The minimum atomic E-state index is -0.402. The van der Waals surface area contributed by atoms with E-state index in [0.29, 0.717) is 18.1 Å². The molecule has 1 fully saturated rings. The quantitative estimate of drug-likeness (QED) is 0.805. The lowest BCUT2D eigenvalue weighted by Gasteiger charge is -2.27. The van der Waals surface area contributed by atoms with Crippen molar-refractivity contribution in [3.63, 3.8) is 0 Å². The lowest BCUT2D eigenvalue weighted by molar-refractivity contribution is -0.138. The van der Waals surface area contributed by atoms with E-state index in [-0.39, 0.29) is 12.0 Å². The van der Waals surface area contributed by atoms with Crippen LogP contribution in [0.3, 0.4) is 0 Å². The number of ether oxygens (including phenoxy) is 1. The molecule has 1 aromatic carbocycles. The van der Waals surface area contributed by atoms with Crippen molar-refractivity contribution in [3.05, 3.63) is 35.0 Å². The molecule has 1 aromatic heterocycles. The van der Waals surface area contributed by atoms with Crippen LogP contribution >= 0.6 is 11.6 Å². The number of fused-ring (bicyclic) bond motifs is 1. The van der Waals surface area contributed by atoms with Crippen molar-refractivity contribution in [2.24, 2.45) is 0 Å². The van der Waals surface area contributed by atoms with E-state index in [4.69, 9.17) is 16.3 Å². The molecule has 1 saturated heterocycles. The van der Waals surface area contributed by atoms with E-state index in [2.05, 4.69) is 15.6 Å². The van der Waals surface area contributed by atoms with Crippen LogP contribution in [0.2, 0.25) is 5.02 Å². The highest BCUT2D eigenvalue weighted by Crippen LogP contribution is 2.25. The molecule has 0 spiro atoms. The highest BCUT2D eigenvalue weighted by molar-refractivity contribution is 6.35. The summed E-state index contributed by atoms with van der Waals surface area (Å²) in [5.74, 6) is -0.0584. The van der Waals surface area contributed by atoms with Gasteiger partial charge in [-0.25, -0.2) is 0 Å². The first-order valence-corrected chi connectivity index (χ1v) is 7.91. The Balaban J connectivity index is 1.56. The summed E-state index contributed by atoms with van der Waals surface area (Å²) in [5.41, 5.74) is 2.09. The molecule has 1 aliphatic rings. The number of nitrogens with one attached hydrogen (secondary N) is 3. The minimum Gasteiger partial charge on any atom is -0.363 e. The van der Waals surface area contributed by atoms with Crippen LogP contribution in [-0.2, 0) is 16.0 Å². The van der Waals surface area contributed by atoms with Crippen LogP contribution in [0.1, 0.15) is 12.5 Å². The molecular weight excluding hydrogens is 302 g/mol. The Morgan fingerprint density at radius 3 is 3.14 bits per heavy atom. The lowest BCUT2D eigenvalue weighted by atomic mass is 10.1. The molecule has 5 nitrogen and oxygen atoms in total. The van der Waals surface area contributed by atoms with Crippen LogP contribution in [-0.4, -0.2) is 42.7 Å². The highest BCUT2D eigenvalue weighted by atomic mass is 35.5. The predicted octanol–water partition coefficient (Wildman–Crippen LogP) is 1.86. The molecule has 0 unspecified atom stereocenters. The Hall–Kier alpha value is -1.56. The van der Waals surface area contributed by atoms with E-state index in [0.717, 1.165) is 29.4 Å². The van der Waals surface area contributed by atoms with Crippen molar-refractivity contribution in [1.29, 1.82) is 0 Å². The van der Waals surface area contributed by atoms with Crippen molar-refractivity contribution in [3.8, 4) is 0 Å². The molecule has 22 heavy (non-hydrogen) atoms. The van der Waals surface area contributed by atoms with Gasteiger partial charge in [-0.15, -0.1) is 0 Å². The van der Waals surface area contributed by atoms with Crippen LogP contribution in [0, 0.1) is 0 Å². The number of aromatic amines is 1. The topological polar surface area (TPSA) is 66.2 Å². The number of aromatic nitrogens is 1. The number of hydrogen-bond acceptors (Lipinski definition) is 3. The van der Waals surface area contributed by atoms with Crippen molar-refractivity contribution in [2.45, 2.75) is 25.6 Å². The average molecular weight is 322 g/mol. The van der Waals surface area contributed by atoms with E-state index in [9.17, 15) is 4.79 Å². The smallest absolute Gasteiger partial charge is 0.250 e. The fourth-order valence-corrected chi connectivity index (χ4v) is 2.99. The summed E-state index contributed by atoms with van der Waals surface area (Å²) in [7, 11) is 0. The molecule has 2 atom stereocenters. The van der Waals surface area contributed by atoms with Gasteiger partial charge < -0.3 is 20.4 Å². The predicted molar refractivity (Wildman–Crippen MR) is 87.2 cm³/mol. The van der Waals surface area contributed by atoms with E-state index in [1.165, 1.54) is 0 Å². The molecule has 2 aromatic rings. The molecule has 118 valence electrons. The largest absolute Gasteiger partial charge is 0.363 e. The SMILES string of the molecule is C[C@@H]1CNC[C@H](C(=O)NCCc2c[nH]c3c(Cl)cccc23)O1. The van der Waals surface area contributed by atoms with E-state index >= 15 is 0 Å². The molecular formula is C16H20ClN3O2. The zero-order valence-electron chi connectivity index (χ0n) is 12.5.